The van der Waals surface area contributed by atoms with Gasteiger partial charge in [-0.25, -0.2) is 4.79 Å². The first kappa shape index (κ1) is 18.5. The van der Waals surface area contributed by atoms with Crippen LogP contribution in [0.25, 0.3) is 0 Å². The van der Waals surface area contributed by atoms with Gasteiger partial charge in [0.05, 0.1) is 6.42 Å². The van der Waals surface area contributed by atoms with Crippen LogP contribution in [0.15, 0.2) is 48.5 Å². The smallest absolute Gasteiger partial charge is 0.327 e. The van der Waals surface area contributed by atoms with Crippen LogP contribution in [0.3, 0.4) is 0 Å². The van der Waals surface area contributed by atoms with Crippen LogP contribution < -0.4 is 4.74 Å². The lowest BCUT2D eigenvalue weighted by atomic mass is 9.72. The van der Waals surface area contributed by atoms with Gasteiger partial charge < -0.3 is 14.7 Å². The van der Waals surface area contributed by atoms with Crippen molar-refractivity contribution in [3.8, 4) is 5.75 Å². The second-order valence-corrected chi connectivity index (χ2v) is 7.50. The van der Waals surface area contributed by atoms with E-state index in [1.807, 2.05) is 6.07 Å². The standard InChI is InChI=1S/C21H18ClNO5/c22-14-8-9-17-15(11-14)21(20(27)28-17,13-5-2-1-3-6-13)12-18(24)23-10-4-7-16(23)19(25)26/h1-3,5-6,8-9,11,16H,4,7,10,12H2,(H,25,26)/t16-,21?/m0/s1. The summed E-state index contributed by atoms with van der Waals surface area (Å²) in [6.45, 7) is 0.359. The molecule has 28 heavy (non-hydrogen) atoms. The fourth-order valence-corrected chi connectivity index (χ4v) is 4.31. The molecular weight excluding hydrogens is 382 g/mol. The Kier molecular flexibility index (Phi) is 4.59. The Labute approximate surface area is 166 Å². The van der Waals surface area contributed by atoms with Gasteiger partial charge in [-0.15, -0.1) is 0 Å². The zero-order chi connectivity index (χ0) is 19.9. The third-order valence-corrected chi connectivity index (χ3v) is 5.73. The van der Waals surface area contributed by atoms with Crippen LogP contribution in [-0.4, -0.2) is 40.4 Å². The topological polar surface area (TPSA) is 83.9 Å². The molecule has 1 N–H and O–H groups in total. The Morgan fingerprint density at radius 2 is 1.96 bits per heavy atom. The molecule has 0 radical (unpaired) electrons. The molecule has 2 heterocycles. The highest BCUT2D eigenvalue weighted by Crippen LogP contribution is 2.48. The zero-order valence-corrected chi connectivity index (χ0v) is 15.7. The number of likely N-dealkylation sites (tertiary alicyclic amines) is 1. The number of hydrogen-bond acceptors (Lipinski definition) is 4. The fourth-order valence-electron chi connectivity index (χ4n) is 4.14. The van der Waals surface area contributed by atoms with Crippen molar-refractivity contribution in [1.29, 1.82) is 0 Å². The average molecular weight is 400 g/mol. The van der Waals surface area contributed by atoms with E-state index in [2.05, 4.69) is 0 Å². The number of aliphatic carboxylic acids is 1. The van der Waals surface area contributed by atoms with E-state index in [1.54, 1.807) is 42.5 Å². The molecule has 1 fully saturated rings. The number of carbonyl (C=O) groups is 3. The number of nitrogens with zero attached hydrogens (tertiary/aromatic N) is 1. The number of carbonyl (C=O) groups excluding carboxylic acids is 2. The van der Waals surface area contributed by atoms with E-state index in [4.69, 9.17) is 16.3 Å². The van der Waals surface area contributed by atoms with Crippen LogP contribution in [0.1, 0.15) is 30.4 Å². The summed E-state index contributed by atoms with van der Waals surface area (Å²) in [6, 6.07) is 12.9. The zero-order valence-electron chi connectivity index (χ0n) is 14.9. The maximum Gasteiger partial charge on any atom is 0.327 e. The van der Waals surface area contributed by atoms with E-state index >= 15 is 0 Å². The number of hydrogen-bond donors (Lipinski definition) is 1. The number of halogens is 1. The molecule has 2 aromatic rings. The molecule has 6 nitrogen and oxygen atoms in total. The number of fused-ring (bicyclic) bond motifs is 1. The summed E-state index contributed by atoms with van der Waals surface area (Å²) in [4.78, 5) is 39.1. The molecule has 7 heteroatoms. The first-order valence-electron chi connectivity index (χ1n) is 9.03. The molecule has 0 saturated carbocycles. The highest BCUT2D eigenvalue weighted by Gasteiger charge is 2.53. The van der Waals surface area contributed by atoms with Crippen LogP contribution in [-0.2, 0) is 19.8 Å². The highest BCUT2D eigenvalue weighted by atomic mass is 35.5. The third-order valence-electron chi connectivity index (χ3n) is 5.49. The Bertz CT molecular complexity index is 961. The van der Waals surface area contributed by atoms with Crippen LogP contribution >= 0.6 is 11.6 Å². The summed E-state index contributed by atoms with van der Waals surface area (Å²) in [5.74, 6) is -1.62. The van der Waals surface area contributed by atoms with Gasteiger partial charge in [-0.2, -0.15) is 0 Å². The van der Waals surface area contributed by atoms with E-state index in [0.29, 0.717) is 41.3 Å². The van der Waals surface area contributed by atoms with Crippen LogP contribution in [0.4, 0.5) is 0 Å². The largest absolute Gasteiger partial charge is 0.480 e. The predicted molar refractivity (Wildman–Crippen MR) is 101 cm³/mol. The molecule has 1 saturated heterocycles. The molecule has 2 aromatic carbocycles. The summed E-state index contributed by atoms with van der Waals surface area (Å²) in [7, 11) is 0. The molecule has 2 atom stereocenters. The van der Waals surface area contributed by atoms with Crippen molar-refractivity contribution in [3.05, 3.63) is 64.7 Å². The molecular formula is C21H18ClNO5. The summed E-state index contributed by atoms with van der Waals surface area (Å²) in [6.07, 6.45) is 0.813. The number of carboxylic acids is 1. The summed E-state index contributed by atoms with van der Waals surface area (Å²) in [5.41, 5.74) is -0.222. The minimum atomic E-state index is -1.36. The van der Waals surface area contributed by atoms with Gasteiger partial charge in [0, 0.05) is 17.1 Å². The van der Waals surface area contributed by atoms with Crippen LogP contribution in [0.2, 0.25) is 5.02 Å². The first-order valence-corrected chi connectivity index (χ1v) is 9.41. The van der Waals surface area contributed by atoms with Crippen molar-refractivity contribution in [1.82, 2.24) is 4.90 Å². The summed E-state index contributed by atoms with van der Waals surface area (Å²) < 4.78 is 5.49. The Hall–Kier alpha value is -2.86. The second kappa shape index (κ2) is 6.95. The molecule has 0 aromatic heterocycles. The maximum atomic E-state index is 13.2. The number of rotatable bonds is 4. The third kappa shape index (κ3) is 2.85. The molecule has 0 spiro atoms. The van der Waals surface area contributed by atoms with Crippen molar-refractivity contribution in [3.63, 3.8) is 0 Å². The molecule has 1 unspecified atom stereocenters. The molecule has 1 amide bonds. The summed E-state index contributed by atoms with van der Waals surface area (Å²) >= 11 is 6.17. The highest BCUT2D eigenvalue weighted by molar-refractivity contribution is 6.30. The van der Waals surface area contributed by atoms with Crippen molar-refractivity contribution < 1.29 is 24.2 Å². The number of amides is 1. The SMILES string of the molecule is O=C(O)[C@@H]1CCCN1C(=O)CC1(c2ccccc2)C(=O)Oc2ccc(Cl)cc21. The lowest BCUT2D eigenvalue weighted by molar-refractivity contribution is -0.149. The van der Waals surface area contributed by atoms with E-state index in [-0.39, 0.29) is 6.42 Å². The van der Waals surface area contributed by atoms with Gasteiger partial charge in [0.25, 0.3) is 0 Å². The van der Waals surface area contributed by atoms with Crippen molar-refractivity contribution in [2.45, 2.75) is 30.7 Å². The van der Waals surface area contributed by atoms with Gasteiger partial charge in [0.2, 0.25) is 5.91 Å². The normalized spacial score (nSPS) is 23.4. The molecule has 4 rings (SSSR count). The minimum absolute atomic E-state index is 0.215. The molecule has 0 bridgehead atoms. The molecule has 144 valence electrons. The number of ether oxygens (including phenoxy) is 1. The molecule has 2 aliphatic rings. The van der Waals surface area contributed by atoms with E-state index in [9.17, 15) is 19.5 Å². The first-order chi connectivity index (χ1) is 13.4. The van der Waals surface area contributed by atoms with Crippen LogP contribution in [0, 0.1) is 0 Å². The fraction of sp³-hybridized carbons (Fsp3) is 0.286. The van der Waals surface area contributed by atoms with E-state index < -0.39 is 29.3 Å². The number of carboxylic acid groups (broad SMARTS) is 1. The van der Waals surface area contributed by atoms with E-state index in [0.717, 1.165) is 0 Å². The lowest BCUT2D eigenvalue weighted by Gasteiger charge is -2.30. The molecule has 2 aliphatic heterocycles. The Morgan fingerprint density at radius 1 is 1.21 bits per heavy atom. The monoisotopic (exact) mass is 399 g/mol. The Morgan fingerprint density at radius 3 is 2.68 bits per heavy atom. The second-order valence-electron chi connectivity index (χ2n) is 7.06. The Balaban J connectivity index is 1.81. The maximum absolute atomic E-state index is 13.2. The van der Waals surface area contributed by atoms with Gasteiger partial charge in [-0.05, 0) is 36.6 Å². The van der Waals surface area contributed by atoms with Gasteiger partial charge in [-0.1, -0.05) is 41.9 Å². The van der Waals surface area contributed by atoms with Crippen molar-refractivity contribution >= 4 is 29.4 Å². The van der Waals surface area contributed by atoms with Gasteiger partial charge in [0.1, 0.15) is 17.2 Å². The molecule has 0 aliphatic carbocycles. The van der Waals surface area contributed by atoms with Crippen LogP contribution in [0.5, 0.6) is 5.75 Å². The van der Waals surface area contributed by atoms with Gasteiger partial charge in [-0.3, -0.25) is 9.59 Å². The average Bonchev–Trinajstić information content (AvgIpc) is 3.27. The minimum Gasteiger partial charge on any atom is -0.480 e. The predicted octanol–water partition coefficient (Wildman–Crippen LogP) is 3.01. The number of benzene rings is 2. The van der Waals surface area contributed by atoms with E-state index in [1.165, 1.54) is 4.90 Å². The number of esters is 1. The quantitative estimate of drug-likeness (QED) is 0.631. The van der Waals surface area contributed by atoms with Crippen molar-refractivity contribution in [2.24, 2.45) is 0 Å². The van der Waals surface area contributed by atoms with Gasteiger partial charge in [0.15, 0.2) is 0 Å². The summed E-state index contributed by atoms with van der Waals surface area (Å²) in [5, 5.41) is 9.84. The lowest BCUT2D eigenvalue weighted by Crippen LogP contribution is -2.46. The van der Waals surface area contributed by atoms with Crippen molar-refractivity contribution in [2.75, 3.05) is 6.54 Å². The van der Waals surface area contributed by atoms with Gasteiger partial charge >= 0.3 is 11.9 Å².